The predicted molar refractivity (Wildman–Crippen MR) is 81.6 cm³/mol. The summed E-state index contributed by atoms with van der Waals surface area (Å²) in [5, 5.41) is 12.1. The number of carbonyl (C=O) groups is 1. The first-order valence-electron chi connectivity index (χ1n) is 6.77. The molecule has 4 heteroatoms. The Morgan fingerprint density at radius 1 is 1.38 bits per heavy atom. The quantitative estimate of drug-likeness (QED) is 0.935. The fourth-order valence-electron chi connectivity index (χ4n) is 2.04. The fraction of sp³-hybridized carbons (Fsp3) is 0.235. The highest BCUT2D eigenvalue weighted by molar-refractivity contribution is 5.95. The molecule has 1 aromatic carbocycles. The maximum atomic E-state index is 12.3. The van der Waals surface area contributed by atoms with Gasteiger partial charge in [0.15, 0.2) is 0 Å². The third-order valence-electron chi connectivity index (χ3n) is 3.29. The van der Waals surface area contributed by atoms with Crippen LogP contribution in [0.1, 0.15) is 16.7 Å². The van der Waals surface area contributed by atoms with E-state index in [0.29, 0.717) is 6.42 Å². The smallest absolute Gasteiger partial charge is 0.242 e. The molecule has 0 fully saturated rings. The SMILES string of the molecule is Cc1ccc(C)c(NC(=O)[C@H](C#N)Cc2cccnc2)c1. The number of hydrogen-bond acceptors (Lipinski definition) is 3. The van der Waals surface area contributed by atoms with Gasteiger partial charge in [-0.15, -0.1) is 0 Å². The zero-order chi connectivity index (χ0) is 15.2. The van der Waals surface area contributed by atoms with Gasteiger partial charge >= 0.3 is 0 Å². The molecular weight excluding hydrogens is 262 g/mol. The molecule has 0 aliphatic heterocycles. The maximum Gasteiger partial charge on any atom is 0.242 e. The number of anilines is 1. The van der Waals surface area contributed by atoms with E-state index in [2.05, 4.69) is 16.4 Å². The van der Waals surface area contributed by atoms with Crippen LogP contribution in [0.5, 0.6) is 0 Å². The van der Waals surface area contributed by atoms with Crippen molar-refractivity contribution in [2.75, 3.05) is 5.32 Å². The number of nitriles is 1. The summed E-state index contributed by atoms with van der Waals surface area (Å²) in [6.45, 7) is 3.89. The van der Waals surface area contributed by atoms with E-state index < -0.39 is 5.92 Å². The minimum absolute atomic E-state index is 0.282. The molecule has 0 radical (unpaired) electrons. The Labute approximate surface area is 124 Å². The summed E-state index contributed by atoms with van der Waals surface area (Å²) in [6.07, 6.45) is 3.71. The summed E-state index contributed by atoms with van der Waals surface area (Å²) in [5.74, 6) is -1.01. The molecule has 106 valence electrons. The number of pyridine rings is 1. The fourth-order valence-corrected chi connectivity index (χ4v) is 2.04. The number of hydrogen-bond donors (Lipinski definition) is 1. The highest BCUT2D eigenvalue weighted by Crippen LogP contribution is 2.18. The summed E-state index contributed by atoms with van der Waals surface area (Å²) in [5.41, 5.74) is 3.68. The monoisotopic (exact) mass is 279 g/mol. The summed E-state index contributed by atoms with van der Waals surface area (Å²) in [6, 6.07) is 11.6. The molecule has 1 aromatic heterocycles. The molecular formula is C17H17N3O. The van der Waals surface area contributed by atoms with E-state index in [1.54, 1.807) is 18.5 Å². The van der Waals surface area contributed by atoms with Gasteiger partial charge in [0.25, 0.3) is 0 Å². The van der Waals surface area contributed by atoms with Gasteiger partial charge in [-0.05, 0) is 49.1 Å². The first kappa shape index (κ1) is 14.7. The van der Waals surface area contributed by atoms with E-state index in [1.807, 2.05) is 38.1 Å². The highest BCUT2D eigenvalue weighted by Gasteiger charge is 2.19. The minimum atomic E-state index is -0.728. The zero-order valence-corrected chi connectivity index (χ0v) is 12.1. The number of nitrogens with one attached hydrogen (secondary N) is 1. The number of nitrogens with zero attached hydrogens (tertiary/aromatic N) is 2. The Bertz CT molecular complexity index is 674. The van der Waals surface area contributed by atoms with Crippen molar-refractivity contribution in [1.82, 2.24) is 4.98 Å². The third kappa shape index (κ3) is 3.90. The first-order chi connectivity index (χ1) is 10.1. The molecule has 1 N–H and O–H groups in total. The number of aryl methyl sites for hydroxylation is 2. The molecule has 0 bridgehead atoms. The topological polar surface area (TPSA) is 65.8 Å². The van der Waals surface area contributed by atoms with Crippen LogP contribution in [-0.2, 0) is 11.2 Å². The average Bonchev–Trinajstić information content (AvgIpc) is 2.49. The van der Waals surface area contributed by atoms with Gasteiger partial charge < -0.3 is 5.32 Å². The predicted octanol–water partition coefficient (Wildman–Crippen LogP) is 3.02. The standard InChI is InChI=1S/C17H17N3O/c1-12-5-6-13(2)16(8-12)20-17(21)15(10-18)9-14-4-3-7-19-11-14/h3-8,11,15H,9H2,1-2H3,(H,20,21)/t15-/m0/s1. The van der Waals surface area contributed by atoms with E-state index in [1.165, 1.54) is 0 Å². The number of benzene rings is 1. The van der Waals surface area contributed by atoms with Gasteiger partial charge in [0, 0.05) is 18.1 Å². The Morgan fingerprint density at radius 2 is 2.19 bits per heavy atom. The van der Waals surface area contributed by atoms with Crippen LogP contribution >= 0.6 is 0 Å². The minimum Gasteiger partial charge on any atom is -0.325 e. The molecule has 1 heterocycles. The largest absolute Gasteiger partial charge is 0.325 e. The van der Waals surface area contributed by atoms with Gasteiger partial charge in [-0.2, -0.15) is 5.26 Å². The second-order valence-electron chi connectivity index (χ2n) is 5.05. The van der Waals surface area contributed by atoms with Gasteiger partial charge in [0.1, 0.15) is 5.92 Å². The van der Waals surface area contributed by atoms with Gasteiger partial charge in [0.2, 0.25) is 5.91 Å². The van der Waals surface area contributed by atoms with E-state index in [-0.39, 0.29) is 5.91 Å². The highest BCUT2D eigenvalue weighted by atomic mass is 16.1. The third-order valence-corrected chi connectivity index (χ3v) is 3.29. The van der Waals surface area contributed by atoms with E-state index >= 15 is 0 Å². The molecule has 1 atom stereocenters. The van der Waals surface area contributed by atoms with Crippen LogP contribution in [0.25, 0.3) is 0 Å². The van der Waals surface area contributed by atoms with E-state index in [9.17, 15) is 10.1 Å². The van der Waals surface area contributed by atoms with Crippen LogP contribution in [0, 0.1) is 31.1 Å². The van der Waals surface area contributed by atoms with Crippen LogP contribution in [0.15, 0.2) is 42.7 Å². The van der Waals surface area contributed by atoms with Gasteiger partial charge in [-0.3, -0.25) is 9.78 Å². The molecule has 4 nitrogen and oxygen atoms in total. The van der Waals surface area contributed by atoms with Crippen molar-refractivity contribution in [3.63, 3.8) is 0 Å². The Morgan fingerprint density at radius 3 is 2.86 bits per heavy atom. The van der Waals surface area contributed by atoms with Crippen LogP contribution in [0.2, 0.25) is 0 Å². The van der Waals surface area contributed by atoms with Crippen molar-refractivity contribution in [2.24, 2.45) is 5.92 Å². The van der Waals surface area contributed by atoms with Gasteiger partial charge in [0.05, 0.1) is 6.07 Å². The molecule has 0 saturated carbocycles. The van der Waals surface area contributed by atoms with Crippen LogP contribution in [-0.4, -0.2) is 10.9 Å². The van der Waals surface area contributed by atoms with Crippen molar-refractivity contribution in [2.45, 2.75) is 20.3 Å². The van der Waals surface area contributed by atoms with Crippen molar-refractivity contribution < 1.29 is 4.79 Å². The molecule has 1 amide bonds. The first-order valence-corrected chi connectivity index (χ1v) is 6.77. The van der Waals surface area contributed by atoms with Crippen molar-refractivity contribution >= 4 is 11.6 Å². The molecule has 0 aliphatic carbocycles. The molecule has 2 rings (SSSR count). The van der Waals surface area contributed by atoms with Crippen LogP contribution in [0.4, 0.5) is 5.69 Å². The maximum absolute atomic E-state index is 12.3. The molecule has 2 aromatic rings. The second-order valence-corrected chi connectivity index (χ2v) is 5.05. The lowest BCUT2D eigenvalue weighted by Gasteiger charge is -2.12. The number of amides is 1. The van der Waals surface area contributed by atoms with Gasteiger partial charge in [-0.1, -0.05) is 18.2 Å². The molecule has 0 unspecified atom stereocenters. The number of aromatic nitrogens is 1. The molecule has 0 aliphatic rings. The Balaban J connectivity index is 2.10. The van der Waals surface area contributed by atoms with Crippen molar-refractivity contribution in [3.8, 4) is 6.07 Å². The average molecular weight is 279 g/mol. The van der Waals surface area contributed by atoms with E-state index in [4.69, 9.17) is 0 Å². The second kappa shape index (κ2) is 6.67. The summed E-state index contributed by atoms with van der Waals surface area (Å²) >= 11 is 0. The summed E-state index contributed by atoms with van der Waals surface area (Å²) in [4.78, 5) is 16.3. The normalized spacial score (nSPS) is 11.5. The Hall–Kier alpha value is -2.67. The summed E-state index contributed by atoms with van der Waals surface area (Å²) in [7, 11) is 0. The number of rotatable bonds is 4. The Kier molecular flexibility index (Phi) is 4.68. The van der Waals surface area contributed by atoms with Crippen molar-refractivity contribution in [3.05, 3.63) is 59.4 Å². The van der Waals surface area contributed by atoms with Gasteiger partial charge in [-0.25, -0.2) is 0 Å². The summed E-state index contributed by atoms with van der Waals surface area (Å²) < 4.78 is 0. The lowest BCUT2D eigenvalue weighted by atomic mass is 10.0. The van der Waals surface area contributed by atoms with Crippen LogP contribution < -0.4 is 5.32 Å². The lowest BCUT2D eigenvalue weighted by molar-refractivity contribution is -0.118. The number of carbonyl (C=O) groups excluding carboxylic acids is 1. The molecule has 0 spiro atoms. The van der Waals surface area contributed by atoms with Crippen LogP contribution in [0.3, 0.4) is 0 Å². The molecule has 21 heavy (non-hydrogen) atoms. The van der Waals surface area contributed by atoms with E-state index in [0.717, 1.165) is 22.4 Å². The lowest BCUT2D eigenvalue weighted by Crippen LogP contribution is -2.24. The zero-order valence-electron chi connectivity index (χ0n) is 12.1. The van der Waals surface area contributed by atoms with Crippen molar-refractivity contribution in [1.29, 1.82) is 5.26 Å². The molecule has 0 saturated heterocycles.